The topological polar surface area (TPSA) is 67.9 Å². The quantitative estimate of drug-likeness (QED) is 0.926. The minimum Gasteiger partial charge on any atom is -0.444 e. The molecule has 6 nitrogen and oxygen atoms in total. The first-order chi connectivity index (χ1) is 10.3. The Balaban J connectivity index is 1.81. The number of ether oxygens (including phenoxy) is 1. The predicted octanol–water partition coefficient (Wildman–Crippen LogP) is 2.24. The van der Waals surface area contributed by atoms with Crippen molar-refractivity contribution in [2.45, 2.75) is 45.4 Å². The average Bonchev–Trinajstić information content (AvgIpc) is 2.77. The molecular formula is C16H22N2O4. The summed E-state index contributed by atoms with van der Waals surface area (Å²) in [4.78, 5) is 29.4. The van der Waals surface area contributed by atoms with Crippen molar-refractivity contribution >= 4 is 12.0 Å². The van der Waals surface area contributed by atoms with E-state index in [0.29, 0.717) is 19.6 Å². The third-order valence-electron chi connectivity index (χ3n) is 3.09. The lowest BCUT2D eigenvalue weighted by atomic mass is 10.2. The molecular weight excluding hydrogens is 284 g/mol. The van der Waals surface area contributed by atoms with Gasteiger partial charge in [0.15, 0.2) is 0 Å². The van der Waals surface area contributed by atoms with Crippen molar-refractivity contribution < 1.29 is 19.2 Å². The van der Waals surface area contributed by atoms with Crippen molar-refractivity contribution in [3.63, 3.8) is 0 Å². The van der Waals surface area contributed by atoms with Crippen molar-refractivity contribution in [2.75, 3.05) is 6.54 Å². The molecule has 1 fully saturated rings. The van der Waals surface area contributed by atoms with Gasteiger partial charge in [-0.25, -0.2) is 9.86 Å². The minimum atomic E-state index is -0.592. The Hall–Kier alpha value is -2.08. The second-order valence-corrected chi connectivity index (χ2v) is 6.19. The molecule has 0 aliphatic carbocycles. The summed E-state index contributed by atoms with van der Waals surface area (Å²) in [7, 11) is 0. The fourth-order valence-electron chi connectivity index (χ4n) is 2.09. The number of hydrogen-bond acceptors (Lipinski definition) is 4. The summed E-state index contributed by atoms with van der Waals surface area (Å²) in [5.41, 5.74) is 0.397. The maximum absolute atomic E-state index is 12.2. The van der Waals surface area contributed by atoms with Gasteiger partial charge in [0.05, 0.1) is 6.54 Å². The number of amides is 2. The van der Waals surface area contributed by atoms with E-state index >= 15 is 0 Å². The van der Waals surface area contributed by atoms with E-state index in [0.717, 1.165) is 5.56 Å². The van der Waals surface area contributed by atoms with E-state index in [2.05, 4.69) is 5.32 Å². The molecule has 0 radical (unpaired) electrons. The Bertz CT molecular complexity index is 525. The van der Waals surface area contributed by atoms with Crippen molar-refractivity contribution in [3.8, 4) is 0 Å². The lowest BCUT2D eigenvalue weighted by Crippen LogP contribution is -2.43. The van der Waals surface area contributed by atoms with Crippen LogP contribution in [0.5, 0.6) is 0 Å². The van der Waals surface area contributed by atoms with Crippen molar-refractivity contribution in [1.82, 2.24) is 10.4 Å². The van der Waals surface area contributed by atoms with Crippen LogP contribution in [0.25, 0.3) is 0 Å². The molecule has 1 aliphatic heterocycles. The van der Waals surface area contributed by atoms with Crippen molar-refractivity contribution in [2.24, 2.45) is 0 Å². The van der Waals surface area contributed by atoms with Gasteiger partial charge in [-0.3, -0.25) is 9.63 Å². The van der Waals surface area contributed by atoms with Crippen LogP contribution in [0.2, 0.25) is 0 Å². The smallest absolute Gasteiger partial charge is 0.408 e. The molecule has 0 aromatic heterocycles. The normalized spacial score (nSPS) is 18.4. The van der Waals surface area contributed by atoms with Crippen LogP contribution >= 0.6 is 0 Å². The third kappa shape index (κ3) is 4.73. The molecule has 0 spiro atoms. The largest absolute Gasteiger partial charge is 0.444 e. The zero-order chi connectivity index (χ0) is 16.2. The van der Waals surface area contributed by atoms with Crippen LogP contribution in [0.4, 0.5) is 4.79 Å². The Kier molecular flexibility index (Phi) is 5.03. The van der Waals surface area contributed by atoms with Gasteiger partial charge in [0.2, 0.25) is 0 Å². The molecule has 22 heavy (non-hydrogen) atoms. The Morgan fingerprint density at radius 1 is 1.32 bits per heavy atom. The second-order valence-electron chi connectivity index (χ2n) is 6.19. The van der Waals surface area contributed by atoms with E-state index < -0.39 is 17.7 Å². The Morgan fingerprint density at radius 2 is 2.00 bits per heavy atom. The van der Waals surface area contributed by atoms with E-state index in [1.807, 2.05) is 30.3 Å². The summed E-state index contributed by atoms with van der Waals surface area (Å²) in [5.74, 6) is -0.248. The summed E-state index contributed by atoms with van der Waals surface area (Å²) >= 11 is 0. The number of benzene rings is 1. The molecule has 1 heterocycles. The van der Waals surface area contributed by atoms with E-state index in [4.69, 9.17) is 9.57 Å². The first-order valence-corrected chi connectivity index (χ1v) is 7.33. The summed E-state index contributed by atoms with van der Waals surface area (Å²) in [6, 6.07) is 9.01. The van der Waals surface area contributed by atoms with Crippen molar-refractivity contribution in [1.29, 1.82) is 0 Å². The number of rotatable bonds is 4. The van der Waals surface area contributed by atoms with Gasteiger partial charge in [0.1, 0.15) is 18.2 Å². The lowest BCUT2D eigenvalue weighted by Gasteiger charge is -2.21. The fraction of sp³-hybridized carbons (Fsp3) is 0.500. The summed E-state index contributed by atoms with van der Waals surface area (Å²) in [6.07, 6.45) is -0.0804. The average molecular weight is 306 g/mol. The van der Waals surface area contributed by atoms with Gasteiger partial charge in [-0.1, -0.05) is 30.3 Å². The molecule has 6 heteroatoms. The minimum absolute atomic E-state index is 0.248. The zero-order valence-electron chi connectivity index (χ0n) is 13.2. The van der Waals surface area contributed by atoms with E-state index in [9.17, 15) is 9.59 Å². The highest BCUT2D eigenvalue weighted by molar-refractivity contribution is 5.86. The highest BCUT2D eigenvalue weighted by Crippen LogP contribution is 2.15. The summed E-state index contributed by atoms with van der Waals surface area (Å²) < 4.78 is 5.15. The summed E-state index contributed by atoms with van der Waals surface area (Å²) in [6.45, 7) is 6.10. The molecule has 2 amide bonds. The van der Waals surface area contributed by atoms with Gasteiger partial charge in [-0.15, -0.1) is 0 Å². The van der Waals surface area contributed by atoms with E-state index in [-0.39, 0.29) is 5.91 Å². The van der Waals surface area contributed by atoms with Crippen LogP contribution < -0.4 is 5.32 Å². The Morgan fingerprint density at radius 3 is 2.64 bits per heavy atom. The third-order valence-corrected chi connectivity index (χ3v) is 3.09. The van der Waals surface area contributed by atoms with Gasteiger partial charge < -0.3 is 10.1 Å². The second kappa shape index (κ2) is 6.79. The molecule has 1 atom stereocenters. The van der Waals surface area contributed by atoms with Gasteiger partial charge >= 0.3 is 6.09 Å². The van der Waals surface area contributed by atoms with Gasteiger partial charge in [-0.2, -0.15) is 0 Å². The number of nitrogens with one attached hydrogen (secondary N) is 1. The molecule has 1 N–H and O–H groups in total. The number of hydroxylamine groups is 2. The molecule has 1 aromatic rings. The maximum Gasteiger partial charge on any atom is 0.408 e. The molecule has 2 rings (SSSR count). The summed E-state index contributed by atoms with van der Waals surface area (Å²) in [5, 5.41) is 3.88. The highest BCUT2D eigenvalue weighted by atomic mass is 16.7. The van der Waals surface area contributed by atoms with Gasteiger partial charge in [-0.05, 0) is 32.8 Å². The predicted molar refractivity (Wildman–Crippen MR) is 80.7 cm³/mol. The molecule has 0 bridgehead atoms. The van der Waals surface area contributed by atoms with E-state index in [1.54, 1.807) is 20.8 Å². The standard InChI is InChI=1S/C16H22N2O4/c1-16(2,3)22-15(20)17-13-9-10-18(14(13)19)21-11-12-7-5-4-6-8-12/h4-8,13H,9-11H2,1-3H3,(H,17,20)/t13-/m1/s1. The first kappa shape index (κ1) is 16.3. The molecule has 0 saturated carbocycles. The van der Waals surface area contributed by atoms with Crippen molar-refractivity contribution in [3.05, 3.63) is 35.9 Å². The molecule has 1 aromatic carbocycles. The molecule has 1 saturated heterocycles. The zero-order valence-corrected chi connectivity index (χ0v) is 13.2. The fourth-order valence-corrected chi connectivity index (χ4v) is 2.09. The Labute approximate surface area is 130 Å². The van der Waals surface area contributed by atoms with Crippen LogP contribution in [-0.4, -0.2) is 35.3 Å². The number of carbonyl (C=O) groups is 2. The van der Waals surface area contributed by atoms with Crippen LogP contribution in [0.3, 0.4) is 0 Å². The SMILES string of the molecule is CC(C)(C)OC(=O)N[C@@H]1CCN(OCc2ccccc2)C1=O. The van der Waals surface area contributed by atoms with Crippen LogP contribution in [-0.2, 0) is 21.0 Å². The number of nitrogens with zero attached hydrogens (tertiary/aromatic N) is 1. The maximum atomic E-state index is 12.2. The first-order valence-electron chi connectivity index (χ1n) is 7.33. The van der Waals surface area contributed by atoms with Crippen LogP contribution in [0.15, 0.2) is 30.3 Å². The lowest BCUT2D eigenvalue weighted by molar-refractivity contribution is -0.183. The number of hydrogen-bond donors (Lipinski definition) is 1. The van der Waals surface area contributed by atoms with Crippen LogP contribution in [0.1, 0.15) is 32.8 Å². The molecule has 0 unspecified atom stereocenters. The highest BCUT2D eigenvalue weighted by Gasteiger charge is 2.34. The number of carbonyl (C=O) groups excluding carboxylic acids is 2. The van der Waals surface area contributed by atoms with Crippen LogP contribution in [0, 0.1) is 0 Å². The molecule has 1 aliphatic rings. The van der Waals surface area contributed by atoms with E-state index in [1.165, 1.54) is 5.06 Å². The number of alkyl carbamates (subject to hydrolysis) is 1. The monoisotopic (exact) mass is 306 g/mol. The van der Waals surface area contributed by atoms with Gasteiger partial charge in [0.25, 0.3) is 5.91 Å². The van der Waals surface area contributed by atoms with Gasteiger partial charge in [0, 0.05) is 0 Å². The molecule has 120 valence electrons.